The first kappa shape index (κ1) is 20.0. The molecule has 6 heteroatoms. The van der Waals surface area contributed by atoms with Crippen molar-refractivity contribution in [1.82, 2.24) is 0 Å². The van der Waals surface area contributed by atoms with Gasteiger partial charge in [0.25, 0.3) is 5.91 Å². The fourth-order valence-corrected chi connectivity index (χ4v) is 4.55. The highest BCUT2D eigenvalue weighted by molar-refractivity contribution is 6.32. The number of hydrogen-bond donors (Lipinski definition) is 2. The summed E-state index contributed by atoms with van der Waals surface area (Å²) in [7, 11) is 0. The number of nitrogens with zero attached hydrogens (tertiary/aromatic N) is 1. The minimum absolute atomic E-state index is 0.0542. The standard InChI is InChI=1S/C26H22N2O4/c29-20-15-19(28-13-7-2-8-14-28)23(27-26(32)16-9-3-1-4-10-16)22-21(20)24(30)17-11-5-6-12-18(17)25(22)31/h1,3-6,9-12,15,29H,2,7-8,13-14H2,(H,27,32). The Bertz CT molecular complexity index is 1240. The van der Waals surface area contributed by atoms with Crippen LogP contribution in [0.15, 0.2) is 60.7 Å². The van der Waals surface area contributed by atoms with E-state index in [4.69, 9.17) is 0 Å². The maximum Gasteiger partial charge on any atom is 0.255 e. The zero-order chi connectivity index (χ0) is 22.2. The van der Waals surface area contributed by atoms with E-state index in [1.165, 1.54) is 6.07 Å². The van der Waals surface area contributed by atoms with E-state index in [-0.39, 0.29) is 45.4 Å². The van der Waals surface area contributed by atoms with Gasteiger partial charge >= 0.3 is 0 Å². The highest BCUT2D eigenvalue weighted by atomic mass is 16.3. The fourth-order valence-electron chi connectivity index (χ4n) is 4.55. The summed E-state index contributed by atoms with van der Waals surface area (Å²) < 4.78 is 0. The molecule has 0 aromatic heterocycles. The molecule has 1 fully saturated rings. The molecule has 1 saturated heterocycles. The van der Waals surface area contributed by atoms with Crippen LogP contribution in [-0.4, -0.2) is 35.7 Å². The second kappa shape index (κ2) is 7.96. The van der Waals surface area contributed by atoms with E-state index in [1.54, 1.807) is 48.5 Å². The van der Waals surface area contributed by atoms with E-state index in [0.29, 0.717) is 11.3 Å². The number of carbonyl (C=O) groups is 3. The highest BCUT2D eigenvalue weighted by Gasteiger charge is 2.37. The van der Waals surface area contributed by atoms with Crippen LogP contribution in [0.3, 0.4) is 0 Å². The molecule has 0 spiro atoms. The second-order valence-corrected chi connectivity index (χ2v) is 8.11. The Hall–Kier alpha value is -3.93. The van der Waals surface area contributed by atoms with Gasteiger partial charge in [-0.05, 0) is 31.4 Å². The number of carbonyl (C=O) groups excluding carboxylic acids is 3. The van der Waals surface area contributed by atoms with Gasteiger partial charge < -0.3 is 15.3 Å². The molecule has 1 heterocycles. The van der Waals surface area contributed by atoms with Gasteiger partial charge in [-0.3, -0.25) is 14.4 Å². The number of ketones is 2. The number of piperidine rings is 1. The molecule has 2 aliphatic rings. The van der Waals surface area contributed by atoms with Crippen molar-refractivity contribution in [2.75, 3.05) is 23.3 Å². The second-order valence-electron chi connectivity index (χ2n) is 8.11. The van der Waals surface area contributed by atoms with Gasteiger partial charge in [0.2, 0.25) is 0 Å². The zero-order valence-electron chi connectivity index (χ0n) is 17.4. The lowest BCUT2D eigenvalue weighted by molar-refractivity contribution is 0.0976. The van der Waals surface area contributed by atoms with E-state index >= 15 is 0 Å². The predicted molar refractivity (Wildman–Crippen MR) is 122 cm³/mol. The van der Waals surface area contributed by atoms with Gasteiger partial charge in [0, 0.05) is 35.8 Å². The van der Waals surface area contributed by atoms with E-state index in [0.717, 1.165) is 32.4 Å². The molecule has 1 aliphatic heterocycles. The van der Waals surface area contributed by atoms with Crippen molar-refractivity contribution >= 4 is 28.8 Å². The van der Waals surface area contributed by atoms with Crippen LogP contribution in [0.5, 0.6) is 5.75 Å². The molecule has 0 radical (unpaired) electrons. The summed E-state index contributed by atoms with van der Waals surface area (Å²) in [5.74, 6) is -1.43. The minimum atomic E-state index is -0.423. The Kier molecular flexibility index (Phi) is 4.98. The van der Waals surface area contributed by atoms with Crippen LogP contribution in [-0.2, 0) is 0 Å². The smallest absolute Gasteiger partial charge is 0.255 e. The number of phenols is 1. The summed E-state index contributed by atoms with van der Waals surface area (Å²) in [6.07, 6.45) is 3.04. The van der Waals surface area contributed by atoms with Crippen molar-refractivity contribution < 1.29 is 19.5 Å². The monoisotopic (exact) mass is 426 g/mol. The average molecular weight is 426 g/mol. The van der Waals surface area contributed by atoms with Crippen LogP contribution in [0.1, 0.15) is 61.5 Å². The van der Waals surface area contributed by atoms with Gasteiger partial charge in [0.15, 0.2) is 11.6 Å². The quantitative estimate of drug-likeness (QED) is 0.474. The van der Waals surface area contributed by atoms with Gasteiger partial charge in [0.1, 0.15) is 5.75 Å². The topological polar surface area (TPSA) is 86.7 Å². The number of amides is 1. The van der Waals surface area contributed by atoms with Crippen LogP contribution >= 0.6 is 0 Å². The maximum atomic E-state index is 13.5. The molecular weight excluding hydrogens is 404 g/mol. The van der Waals surface area contributed by atoms with E-state index in [1.807, 2.05) is 6.07 Å². The van der Waals surface area contributed by atoms with Gasteiger partial charge in [-0.1, -0.05) is 42.5 Å². The van der Waals surface area contributed by atoms with Gasteiger partial charge in [-0.2, -0.15) is 0 Å². The summed E-state index contributed by atoms with van der Waals surface area (Å²) in [5, 5.41) is 13.7. The summed E-state index contributed by atoms with van der Waals surface area (Å²) >= 11 is 0. The Balaban J connectivity index is 1.71. The predicted octanol–water partition coefficient (Wildman–Crippen LogP) is 4.41. The summed E-state index contributed by atoms with van der Waals surface area (Å²) in [5.41, 5.74) is 1.80. The molecule has 0 unspecified atom stereocenters. The normalized spacial score (nSPS) is 15.2. The van der Waals surface area contributed by atoms with Crippen LogP contribution < -0.4 is 10.2 Å². The maximum absolute atomic E-state index is 13.5. The Labute approximate surface area is 185 Å². The number of aromatic hydroxyl groups is 1. The van der Waals surface area contributed by atoms with Crippen molar-refractivity contribution in [1.29, 1.82) is 0 Å². The molecular formula is C26H22N2O4. The Morgan fingerprint density at radius 2 is 1.41 bits per heavy atom. The molecule has 1 aliphatic carbocycles. The van der Waals surface area contributed by atoms with Gasteiger partial charge in [0.05, 0.1) is 22.5 Å². The zero-order valence-corrected chi connectivity index (χ0v) is 17.4. The van der Waals surface area contributed by atoms with Crippen molar-refractivity contribution in [3.8, 4) is 5.75 Å². The van der Waals surface area contributed by atoms with Crippen LogP contribution in [0.4, 0.5) is 11.4 Å². The minimum Gasteiger partial charge on any atom is -0.507 e. The highest BCUT2D eigenvalue weighted by Crippen LogP contribution is 2.43. The third-order valence-electron chi connectivity index (χ3n) is 6.13. The molecule has 5 rings (SSSR count). The molecule has 0 saturated carbocycles. The summed E-state index contributed by atoms with van der Waals surface area (Å²) in [4.78, 5) is 41.9. The molecule has 2 N–H and O–H groups in total. The number of hydrogen-bond acceptors (Lipinski definition) is 5. The van der Waals surface area contributed by atoms with Crippen molar-refractivity contribution in [2.45, 2.75) is 19.3 Å². The Morgan fingerprint density at radius 1 is 0.812 bits per heavy atom. The SMILES string of the molecule is O=C(Nc1c(N2CCCCC2)cc(O)c2c1C(=O)c1ccccc1C2=O)c1ccccc1. The fraction of sp³-hybridized carbons (Fsp3) is 0.192. The first-order valence-corrected chi connectivity index (χ1v) is 10.8. The first-order chi connectivity index (χ1) is 15.6. The van der Waals surface area contributed by atoms with E-state index in [2.05, 4.69) is 10.2 Å². The number of anilines is 2. The van der Waals surface area contributed by atoms with E-state index < -0.39 is 5.78 Å². The van der Waals surface area contributed by atoms with Crippen LogP contribution in [0.2, 0.25) is 0 Å². The van der Waals surface area contributed by atoms with Gasteiger partial charge in [-0.25, -0.2) is 0 Å². The average Bonchev–Trinajstić information content (AvgIpc) is 2.84. The van der Waals surface area contributed by atoms with Crippen LogP contribution in [0.25, 0.3) is 0 Å². The molecule has 3 aromatic rings. The number of fused-ring (bicyclic) bond motifs is 2. The van der Waals surface area contributed by atoms with Crippen molar-refractivity contribution in [3.63, 3.8) is 0 Å². The molecule has 6 nitrogen and oxygen atoms in total. The van der Waals surface area contributed by atoms with Gasteiger partial charge in [-0.15, -0.1) is 0 Å². The number of nitrogens with one attached hydrogen (secondary N) is 1. The number of benzene rings is 3. The lowest BCUT2D eigenvalue weighted by Crippen LogP contribution is -2.32. The molecule has 0 bridgehead atoms. The summed E-state index contributed by atoms with van der Waals surface area (Å²) in [6.45, 7) is 1.48. The lowest BCUT2D eigenvalue weighted by Gasteiger charge is -2.33. The molecule has 160 valence electrons. The Morgan fingerprint density at radius 3 is 2.06 bits per heavy atom. The molecule has 3 aromatic carbocycles. The molecule has 0 atom stereocenters. The van der Waals surface area contributed by atoms with Crippen molar-refractivity contribution in [2.24, 2.45) is 0 Å². The summed E-state index contributed by atoms with van der Waals surface area (Å²) in [6, 6.07) is 16.8. The number of phenolic OH excluding ortho intramolecular Hbond substituents is 1. The van der Waals surface area contributed by atoms with Crippen molar-refractivity contribution in [3.05, 3.63) is 88.5 Å². The third kappa shape index (κ3) is 3.24. The molecule has 32 heavy (non-hydrogen) atoms. The first-order valence-electron chi connectivity index (χ1n) is 10.8. The largest absolute Gasteiger partial charge is 0.507 e. The van der Waals surface area contributed by atoms with Crippen LogP contribution in [0, 0.1) is 0 Å². The molecule has 1 amide bonds. The number of rotatable bonds is 3. The third-order valence-corrected chi connectivity index (χ3v) is 6.13. The van der Waals surface area contributed by atoms with E-state index in [9.17, 15) is 19.5 Å². The lowest BCUT2D eigenvalue weighted by atomic mass is 9.82.